The summed E-state index contributed by atoms with van der Waals surface area (Å²) in [6.07, 6.45) is 1.93. The van der Waals surface area contributed by atoms with Crippen molar-refractivity contribution in [2.75, 3.05) is 13.1 Å². The van der Waals surface area contributed by atoms with Crippen molar-refractivity contribution in [3.63, 3.8) is 0 Å². The molecule has 0 bridgehead atoms. The van der Waals surface area contributed by atoms with E-state index in [4.69, 9.17) is 0 Å². The topological polar surface area (TPSA) is 73.7 Å². The molecule has 0 radical (unpaired) electrons. The number of carbonyl (C=O) groups excluding carboxylic acids is 1. The lowest BCUT2D eigenvalue weighted by Gasteiger charge is -2.18. The highest BCUT2D eigenvalue weighted by molar-refractivity contribution is 5.95. The molecule has 0 aliphatic carbocycles. The van der Waals surface area contributed by atoms with Crippen LogP contribution in [0.1, 0.15) is 27.0 Å². The molecule has 2 N–H and O–H groups in total. The Hall–Kier alpha value is -2.92. The molecule has 0 spiro atoms. The maximum absolute atomic E-state index is 12.9. The van der Waals surface area contributed by atoms with E-state index in [1.54, 1.807) is 37.1 Å². The molecule has 28 heavy (non-hydrogen) atoms. The summed E-state index contributed by atoms with van der Waals surface area (Å²) in [5.41, 5.74) is 4.00. The number of aromatic nitrogens is 1. The first-order chi connectivity index (χ1) is 13.4. The second kappa shape index (κ2) is 7.24. The number of β-amino-alcohol motifs (C(OH)–C–C–N with tert-alkyl or cyclic N) is 1. The predicted molar refractivity (Wildman–Crippen MR) is 108 cm³/mol. The first-order valence-corrected chi connectivity index (χ1v) is 9.54. The highest BCUT2D eigenvalue weighted by Gasteiger charge is 2.34. The van der Waals surface area contributed by atoms with Gasteiger partial charge in [0.05, 0.1) is 11.6 Å². The van der Waals surface area contributed by atoms with Gasteiger partial charge >= 0.3 is 0 Å². The number of rotatable bonds is 3. The van der Waals surface area contributed by atoms with Gasteiger partial charge < -0.3 is 15.1 Å². The lowest BCUT2D eigenvalue weighted by molar-refractivity contribution is 0.0764. The van der Waals surface area contributed by atoms with Gasteiger partial charge in [-0.3, -0.25) is 9.78 Å². The molecule has 1 amide bonds. The van der Waals surface area contributed by atoms with E-state index in [-0.39, 0.29) is 17.6 Å². The Morgan fingerprint density at radius 1 is 1.14 bits per heavy atom. The van der Waals surface area contributed by atoms with Crippen LogP contribution < -0.4 is 0 Å². The van der Waals surface area contributed by atoms with Gasteiger partial charge in [0.25, 0.3) is 5.91 Å². The molecule has 1 aromatic heterocycles. The molecule has 0 saturated carbocycles. The van der Waals surface area contributed by atoms with Gasteiger partial charge in [-0.25, -0.2) is 0 Å². The number of aliphatic hydroxyl groups excluding tert-OH is 1. The Labute approximate surface area is 164 Å². The molecule has 2 heterocycles. The molecule has 1 aliphatic heterocycles. The van der Waals surface area contributed by atoms with E-state index in [1.807, 2.05) is 30.3 Å². The lowest BCUT2D eigenvalue weighted by Crippen LogP contribution is -2.29. The second-order valence-corrected chi connectivity index (χ2v) is 7.69. The molecule has 1 fully saturated rings. The fourth-order valence-electron chi connectivity index (χ4n) is 4.10. The average Bonchev–Trinajstić information content (AvgIpc) is 3.06. The fraction of sp³-hybridized carbons (Fsp3) is 0.304. The smallest absolute Gasteiger partial charge is 0.253 e. The van der Waals surface area contributed by atoms with Crippen LogP contribution >= 0.6 is 0 Å². The molecule has 1 saturated heterocycles. The Kier molecular flexibility index (Phi) is 4.77. The Morgan fingerprint density at radius 3 is 2.61 bits per heavy atom. The van der Waals surface area contributed by atoms with Crippen LogP contribution in [0.25, 0.3) is 10.9 Å². The molecule has 0 unspecified atom stereocenters. The summed E-state index contributed by atoms with van der Waals surface area (Å²) >= 11 is 0. The molecule has 2 aromatic carbocycles. The second-order valence-electron chi connectivity index (χ2n) is 7.69. The first-order valence-electron chi connectivity index (χ1n) is 9.54. The molecule has 5 heteroatoms. The van der Waals surface area contributed by atoms with Crippen LogP contribution in [0.5, 0.6) is 5.75 Å². The van der Waals surface area contributed by atoms with Crippen molar-refractivity contribution in [3.05, 3.63) is 70.9 Å². The number of nitrogens with zero attached hydrogens (tertiary/aromatic N) is 2. The molecule has 2 atom stereocenters. The van der Waals surface area contributed by atoms with E-state index in [9.17, 15) is 15.0 Å². The average molecular weight is 376 g/mol. The number of carbonyl (C=O) groups is 1. The summed E-state index contributed by atoms with van der Waals surface area (Å²) in [4.78, 5) is 19.0. The van der Waals surface area contributed by atoms with Crippen LogP contribution in [0.3, 0.4) is 0 Å². The molecule has 5 nitrogen and oxygen atoms in total. The minimum absolute atomic E-state index is 0.0194. The van der Waals surface area contributed by atoms with Gasteiger partial charge in [0.2, 0.25) is 0 Å². The van der Waals surface area contributed by atoms with Crippen molar-refractivity contribution >= 4 is 16.8 Å². The van der Waals surface area contributed by atoms with Crippen LogP contribution in [0.2, 0.25) is 0 Å². The number of likely N-dealkylation sites (tertiary alicyclic amines) is 1. The van der Waals surface area contributed by atoms with Gasteiger partial charge in [-0.2, -0.15) is 0 Å². The Bertz CT molecular complexity index is 1020. The van der Waals surface area contributed by atoms with Crippen LogP contribution in [0.4, 0.5) is 0 Å². The molecular weight excluding hydrogens is 352 g/mol. The molecule has 3 aromatic rings. The number of aliphatic hydroxyl groups is 1. The number of hydrogen-bond acceptors (Lipinski definition) is 4. The number of phenolic OH excluding ortho intramolecular Hbond substituents is 1. The molecular formula is C23H24N2O3. The third-order valence-corrected chi connectivity index (χ3v) is 5.65. The summed E-state index contributed by atoms with van der Waals surface area (Å²) in [5.74, 6) is 0.0989. The summed E-state index contributed by atoms with van der Waals surface area (Å²) in [7, 11) is 0. The Balaban J connectivity index is 1.54. The number of fused-ring (bicyclic) bond motifs is 1. The minimum atomic E-state index is -0.560. The maximum atomic E-state index is 12.9. The third kappa shape index (κ3) is 3.34. The summed E-state index contributed by atoms with van der Waals surface area (Å²) in [6.45, 7) is 4.41. The lowest BCUT2D eigenvalue weighted by atomic mass is 9.94. The maximum Gasteiger partial charge on any atom is 0.253 e. The highest BCUT2D eigenvalue weighted by atomic mass is 16.3. The van der Waals surface area contributed by atoms with Gasteiger partial charge in [0.15, 0.2) is 0 Å². The van der Waals surface area contributed by atoms with Gasteiger partial charge in [-0.1, -0.05) is 18.2 Å². The summed E-state index contributed by atoms with van der Waals surface area (Å²) < 4.78 is 0. The molecule has 144 valence electrons. The zero-order chi connectivity index (χ0) is 19.8. The predicted octanol–water partition coefficient (Wildman–Crippen LogP) is 3.23. The van der Waals surface area contributed by atoms with Gasteiger partial charge in [-0.05, 0) is 61.2 Å². The van der Waals surface area contributed by atoms with Gasteiger partial charge in [-0.15, -0.1) is 0 Å². The largest absolute Gasteiger partial charge is 0.507 e. The zero-order valence-electron chi connectivity index (χ0n) is 16.1. The van der Waals surface area contributed by atoms with Crippen LogP contribution in [0.15, 0.2) is 48.7 Å². The van der Waals surface area contributed by atoms with E-state index in [0.717, 1.165) is 16.5 Å². The van der Waals surface area contributed by atoms with E-state index in [2.05, 4.69) is 4.98 Å². The number of amides is 1. The monoisotopic (exact) mass is 376 g/mol. The number of phenols is 1. The minimum Gasteiger partial charge on any atom is -0.507 e. The number of para-hydroxylation sites is 1. The Morgan fingerprint density at radius 2 is 1.86 bits per heavy atom. The number of benzene rings is 2. The van der Waals surface area contributed by atoms with Crippen molar-refractivity contribution in [2.24, 2.45) is 5.92 Å². The van der Waals surface area contributed by atoms with Crippen molar-refractivity contribution in [3.8, 4) is 5.75 Å². The fourth-order valence-corrected chi connectivity index (χ4v) is 4.10. The highest BCUT2D eigenvalue weighted by Crippen LogP contribution is 2.28. The quantitative estimate of drug-likeness (QED) is 0.736. The van der Waals surface area contributed by atoms with Crippen molar-refractivity contribution in [2.45, 2.75) is 26.4 Å². The molecule has 4 rings (SSSR count). The van der Waals surface area contributed by atoms with Crippen molar-refractivity contribution in [1.82, 2.24) is 9.88 Å². The SMILES string of the molecule is Cc1cc(C(=O)N2C[C@@H](Cc3ccnc4ccccc34)[C@@H](O)C2)cc(C)c1O. The number of aryl methyl sites for hydroxylation is 2. The van der Waals surface area contributed by atoms with E-state index in [0.29, 0.717) is 36.2 Å². The van der Waals surface area contributed by atoms with Gasteiger partial charge in [0, 0.05) is 36.2 Å². The summed E-state index contributed by atoms with van der Waals surface area (Å²) in [6, 6.07) is 13.4. The van der Waals surface area contributed by atoms with Crippen LogP contribution in [-0.2, 0) is 6.42 Å². The van der Waals surface area contributed by atoms with Crippen LogP contribution in [0, 0.1) is 19.8 Å². The van der Waals surface area contributed by atoms with Crippen LogP contribution in [-0.4, -0.2) is 45.2 Å². The molecule has 1 aliphatic rings. The summed E-state index contributed by atoms with van der Waals surface area (Å²) in [5, 5.41) is 21.6. The van der Waals surface area contributed by atoms with Crippen molar-refractivity contribution in [1.29, 1.82) is 0 Å². The zero-order valence-corrected chi connectivity index (χ0v) is 16.1. The van der Waals surface area contributed by atoms with E-state index >= 15 is 0 Å². The first kappa shape index (κ1) is 18.4. The number of aromatic hydroxyl groups is 1. The van der Waals surface area contributed by atoms with Crippen molar-refractivity contribution < 1.29 is 15.0 Å². The van der Waals surface area contributed by atoms with E-state index < -0.39 is 6.10 Å². The standard InChI is InChI=1S/C23H24N2O3/c1-14-9-17(10-15(2)22(14)27)23(28)25-12-18(21(26)13-25)11-16-7-8-24-20-6-4-3-5-19(16)20/h3-10,18,21,26-27H,11-13H2,1-2H3/t18-,21+/m1/s1. The normalized spacial score (nSPS) is 19.3. The van der Waals surface area contributed by atoms with Gasteiger partial charge in [0.1, 0.15) is 5.75 Å². The van der Waals surface area contributed by atoms with E-state index in [1.165, 1.54) is 0 Å². The third-order valence-electron chi connectivity index (χ3n) is 5.65. The number of hydrogen-bond donors (Lipinski definition) is 2. The number of pyridine rings is 1.